The summed E-state index contributed by atoms with van der Waals surface area (Å²) in [5.41, 5.74) is 4.18. The van der Waals surface area contributed by atoms with Gasteiger partial charge in [-0.05, 0) is 30.5 Å². The largest absolute Gasteiger partial charge is 0.506 e. The number of nitrogens with zero attached hydrogens (tertiary/aromatic N) is 2. The fourth-order valence-corrected chi connectivity index (χ4v) is 2.05. The average molecular weight is 293 g/mol. The molecule has 0 aliphatic rings. The van der Waals surface area contributed by atoms with Crippen LogP contribution in [0.25, 0.3) is 11.4 Å². The first-order valence-electron chi connectivity index (χ1n) is 6.33. The van der Waals surface area contributed by atoms with Crippen LogP contribution in [-0.4, -0.2) is 15.1 Å². The zero-order chi connectivity index (χ0) is 14.7. The van der Waals surface area contributed by atoms with E-state index in [4.69, 9.17) is 17.4 Å². The van der Waals surface area contributed by atoms with E-state index >= 15 is 0 Å². The minimum atomic E-state index is 0.0333. The fourth-order valence-electron chi connectivity index (χ4n) is 1.87. The van der Waals surface area contributed by atoms with Crippen LogP contribution in [0.2, 0.25) is 5.02 Å². The van der Waals surface area contributed by atoms with Crippen molar-refractivity contribution in [3.8, 4) is 17.1 Å². The predicted octanol–water partition coefficient (Wildman–Crippen LogP) is 2.99. The summed E-state index contributed by atoms with van der Waals surface area (Å²) < 4.78 is 0. The molecule has 0 unspecified atom stereocenters. The van der Waals surface area contributed by atoms with E-state index in [2.05, 4.69) is 29.2 Å². The number of nitrogens with one attached hydrogen (secondary N) is 1. The fraction of sp³-hybridized carbons (Fsp3) is 0.286. The molecule has 0 aliphatic carbocycles. The smallest absolute Gasteiger partial charge is 0.161 e. The molecule has 0 aliphatic heterocycles. The summed E-state index contributed by atoms with van der Waals surface area (Å²) >= 11 is 5.92. The minimum absolute atomic E-state index is 0.0333. The maximum atomic E-state index is 9.46. The molecule has 0 radical (unpaired) electrons. The Labute approximate surface area is 122 Å². The Bertz CT molecular complexity index is 616. The van der Waals surface area contributed by atoms with Gasteiger partial charge in [-0.1, -0.05) is 25.4 Å². The van der Waals surface area contributed by atoms with Crippen molar-refractivity contribution in [2.24, 2.45) is 11.8 Å². The quantitative estimate of drug-likeness (QED) is 0.596. The Morgan fingerprint density at radius 2 is 2.05 bits per heavy atom. The highest BCUT2D eigenvalue weighted by atomic mass is 35.5. The Balaban J connectivity index is 2.46. The van der Waals surface area contributed by atoms with Crippen LogP contribution in [0.5, 0.6) is 5.75 Å². The average Bonchev–Trinajstić information content (AvgIpc) is 2.40. The molecule has 0 spiro atoms. The first-order valence-corrected chi connectivity index (χ1v) is 6.71. The number of aromatic hydroxyl groups is 1. The summed E-state index contributed by atoms with van der Waals surface area (Å²) in [7, 11) is 0. The van der Waals surface area contributed by atoms with E-state index in [0.29, 0.717) is 17.6 Å². The Hall–Kier alpha value is -1.85. The van der Waals surface area contributed by atoms with Crippen molar-refractivity contribution >= 4 is 17.4 Å². The van der Waals surface area contributed by atoms with Crippen LogP contribution in [0.1, 0.15) is 19.5 Å². The maximum Gasteiger partial charge on any atom is 0.161 e. The highest BCUT2D eigenvalue weighted by Crippen LogP contribution is 2.28. The van der Waals surface area contributed by atoms with E-state index in [9.17, 15) is 5.11 Å². The molecule has 2 aromatic rings. The molecular weight excluding hydrogens is 276 g/mol. The second kappa shape index (κ2) is 6.07. The van der Waals surface area contributed by atoms with Gasteiger partial charge in [-0.15, -0.1) is 0 Å². The van der Waals surface area contributed by atoms with Crippen molar-refractivity contribution < 1.29 is 5.11 Å². The van der Waals surface area contributed by atoms with Crippen molar-refractivity contribution in [3.05, 3.63) is 35.0 Å². The van der Waals surface area contributed by atoms with Crippen LogP contribution in [-0.2, 0) is 6.42 Å². The number of hydrogen-bond donors (Lipinski definition) is 3. The Morgan fingerprint density at radius 3 is 2.65 bits per heavy atom. The van der Waals surface area contributed by atoms with Crippen molar-refractivity contribution in [3.63, 3.8) is 0 Å². The molecule has 0 fully saturated rings. The SMILES string of the molecule is CC(C)Cc1cc(NN)nc(-c2ccc(O)c(Cl)c2)n1. The molecule has 0 amide bonds. The number of halogens is 1. The van der Waals surface area contributed by atoms with Crippen LogP contribution < -0.4 is 11.3 Å². The lowest BCUT2D eigenvalue weighted by Crippen LogP contribution is -2.11. The number of phenols is 1. The first kappa shape index (κ1) is 14.6. The Morgan fingerprint density at radius 1 is 1.30 bits per heavy atom. The summed E-state index contributed by atoms with van der Waals surface area (Å²) in [6.45, 7) is 4.24. The normalized spacial score (nSPS) is 10.8. The molecule has 0 saturated carbocycles. The highest BCUT2D eigenvalue weighted by molar-refractivity contribution is 6.32. The van der Waals surface area contributed by atoms with E-state index in [1.165, 1.54) is 6.07 Å². The lowest BCUT2D eigenvalue weighted by Gasteiger charge is -2.10. The van der Waals surface area contributed by atoms with Crippen molar-refractivity contribution in [1.82, 2.24) is 9.97 Å². The summed E-state index contributed by atoms with van der Waals surface area (Å²) in [4.78, 5) is 8.83. The third-order valence-electron chi connectivity index (χ3n) is 2.75. The first-order chi connectivity index (χ1) is 9.49. The maximum absolute atomic E-state index is 9.46. The zero-order valence-corrected chi connectivity index (χ0v) is 12.1. The van der Waals surface area contributed by atoms with Gasteiger partial charge in [0, 0.05) is 17.3 Å². The molecule has 1 aromatic heterocycles. The van der Waals surface area contributed by atoms with E-state index in [-0.39, 0.29) is 10.8 Å². The molecule has 0 atom stereocenters. The molecule has 5 nitrogen and oxygen atoms in total. The van der Waals surface area contributed by atoms with Gasteiger partial charge >= 0.3 is 0 Å². The topological polar surface area (TPSA) is 84.1 Å². The standard InChI is InChI=1S/C14H17ClN4O/c1-8(2)5-10-7-13(19-16)18-14(17-10)9-3-4-12(20)11(15)6-9/h3-4,6-8,20H,5,16H2,1-2H3,(H,17,18,19). The van der Waals surface area contributed by atoms with Gasteiger partial charge in [0.15, 0.2) is 5.82 Å². The number of nitrogen functional groups attached to an aromatic ring is 1. The number of hydrazine groups is 1. The van der Waals surface area contributed by atoms with Crippen LogP contribution in [0.4, 0.5) is 5.82 Å². The highest BCUT2D eigenvalue weighted by Gasteiger charge is 2.09. The molecule has 106 valence electrons. The van der Waals surface area contributed by atoms with Gasteiger partial charge < -0.3 is 10.5 Å². The number of aromatic nitrogens is 2. The minimum Gasteiger partial charge on any atom is -0.506 e. The van der Waals surface area contributed by atoms with E-state index < -0.39 is 0 Å². The van der Waals surface area contributed by atoms with E-state index in [1.807, 2.05) is 6.07 Å². The van der Waals surface area contributed by atoms with Crippen molar-refractivity contribution in [2.45, 2.75) is 20.3 Å². The summed E-state index contributed by atoms with van der Waals surface area (Å²) in [6.07, 6.45) is 0.829. The molecule has 6 heteroatoms. The molecule has 1 aromatic carbocycles. The summed E-state index contributed by atoms with van der Waals surface area (Å²) in [5.74, 6) is 7.03. The molecule has 4 N–H and O–H groups in total. The summed E-state index contributed by atoms with van der Waals surface area (Å²) in [5, 5.41) is 9.73. The zero-order valence-electron chi connectivity index (χ0n) is 11.4. The second-order valence-corrected chi connectivity index (χ2v) is 5.38. The molecule has 1 heterocycles. The van der Waals surface area contributed by atoms with Gasteiger partial charge in [0.25, 0.3) is 0 Å². The van der Waals surface area contributed by atoms with Crippen LogP contribution >= 0.6 is 11.6 Å². The van der Waals surface area contributed by atoms with Crippen LogP contribution in [0.3, 0.4) is 0 Å². The number of phenolic OH excluding ortho intramolecular Hbond substituents is 1. The van der Waals surface area contributed by atoms with Gasteiger partial charge in [-0.25, -0.2) is 15.8 Å². The number of benzene rings is 1. The number of anilines is 1. The van der Waals surface area contributed by atoms with E-state index in [0.717, 1.165) is 17.7 Å². The third kappa shape index (κ3) is 3.37. The monoisotopic (exact) mass is 292 g/mol. The number of rotatable bonds is 4. The van der Waals surface area contributed by atoms with Crippen LogP contribution in [0, 0.1) is 5.92 Å². The molecule has 20 heavy (non-hydrogen) atoms. The summed E-state index contributed by atoms with van der Waals surface area (Å²) in [6, 6.07) is 6.69. The molecule has 0 saturated heterocycles. The molecule has 0 bridgehead atoms. The predicted molar refractivity (Wildman–Crippen MR) is 80.5 cm³/mol. The number of hydrogen-bond acceptors (Lipinski definition) is 5. The lowest BCUT2D eigenvalue weighted by atomic mass is 10.1. The second-order valence-electron chi connectivity index (χ2n) is 4.98. The lowest BCUT2D eigenvalue weighted by molar-refractivity contribution is 0.475. The van der Waals surface area contributed by atoms with E-state index in [1.54, 1.807) is 12.1 Å². The van der Waals surface area contributed by atoms with Crippen molar-refractivity contribution in [1.29, 1.82) is 0 Å². The molecular formula is C14H17ClN4O. The van der Waals surface area contributed by atoms with Gasteiger partial charge in [0.2, 0.25) is 0 Å². The molecule has 2 rings (SSSR count). The van der Waals surface area contributed by atoms with Gasteiger partial charge in [0.05, 0.1) is 5.02 Å². The van der Waals surface area contributed by atoms with Crippen molar-refractivity contribution in [2.75, 3.05) is 5.43 Å². The van der Waals surface area contributed by atoms with Gasteiger partial charge in [-0.3, -0.25) is 0 Å². The Kier molecular flexibility index (Phi) is 4.42. The van der Waals surface area contributed by atoms with Gasteiger partial charge in [0.1, 0.15) is 11.6 Å². The number of nitrogens with two attached hydrogens (primary N) is 1. The van der Waals surface area contributed by atoms with Gasteiger partial charge in [-0.2, -0.15) is 0 Å². The third-order valence-corrected chi connectivity index (χ3v) is 3.05. The van der Waals surface area contributed by atoms with Crippen LogP contribution in [0.15, 0.2) is 24.3 Å².